The first-order chi connectivity index (χ1) is 13.5. The molecule has 1 heterocycles. The molecular formula is C18H20N4O6. The van der Waals surface area contributed by atoms with Crippen LogP contribution in [0.15, 0.2) is 29.4 Å². The van der Waals surface area contributed by atoms with Gasteiger partial charge in [0, 0.05) is 5.56 Å². The molecule has 1 amide bonds. The number of carbonyl (C=O) groups is 2. The van der Waals surface area contributed by atoms with Crippen molar-refractivity contribution < 1.29 is 28.6 Å². The zero-order valence-corrected chi connectivity index (χ0v) is 16.1. The van der Waals surface area contributed by atoms with E-state index in [1.54, 1.807) is 25.1 Å². The van der Waals surface area contributed by atoms with E-state index in [0.717, 1.165) is 4.90 Å². The number of amides is 1. The lowest BCUT2D eigenvalue weighted by atomic mass is 10.0. The lowest BCUT2D eigenvalue weighted by Crippen LogP contribution is -2.22. The molecular weight excluding hydrogens is 368 g/mol. The number of carbonyl (C=O) groups excluding carboxylic acids is 2. The first kappa shape index (κ1) is 20.6. The van der Waals surface area contributed by atoms with Crippen LogP contribution in [0.5, 0.6) is 11.8 Å². The summed E-state index contributed by atoms with van der Waals surface area (Å²) < 4.78 is 15.1. The van der Waals surface area contributed by atoms with Crippen LogP contribution in [0.3, 0.4) is 0 Å². The molecule has 0 aliphatic heterocycles. The molecule has 0 atom stereocenters. The average Bonchev–Trinajstić information content (AvgIpc) is 2.73. The summed E-state index contributed by atoms with van der Waals surface area (Å²) in [6.07, 6.45) is 0.475. The van der Waals surface area contributed by atoms with E-state index in [1.165, 1.54) is 34.5 Å². The van der Waals surface area contributed by atoms with Gasteiger partial charge >= 0.3 is 5.97 Å². The number of ether oxygens (including phenoxy) is 3. The van der Waals surface area contributed by atoms with Crippen LogP contribution >= 0.6 is 0 Å². The Kier molecular flexibility index (Phi) is 6.85. The molecule has 0 fully saturated rings. The van der Waals surface area contributed by atoms with Gasteiger partial charge < -0.3 is 19.0 Å². The van der Waals surface area contributed by atoms with E-state index < -0.39 is 5.97 Å². The van der Waals surface area contributed by atoms with Crippen molar-refractivity contribution in [2.45, 2.75) is 6.92 Å². The predicted molar refractivity (Wildman–Crippen MR) is 100 cm³/mol. The van der Waals surface area contributed by atoms with Gasteiger partial charge in [-0.2, -0.15) is 9.97 Å². The maximum Gasteiger partial charge on any atom is 0.340 e. The van der Waals surface area contributed by atoms with Gasteiger partial charge in [0.25, 0.3) is 0 Å². The Morgan fingerprint density at radius 2 is 1.75 bits per heavy atom. The fraction of sp³-hybridized carbons (Fsp3) is 0.278. The van der Waals surface area contributed by atoms with Gasteiger partial charge in [0.1, 0.15) is 7.11 Å². The van der Waals surface area contributed by atoms with Crippen LogP contribution in [0.1, 0.15) is 22.8 Å². The summed E-state index contributed by atoms with van der Waals surface area (Å²) in [5, 5.41) is 3.86. The van der Waals surface area contributed by atoms with Crippen molar-refractivity contribution in [3.05, 3.63) is 35.4 Å². The van der Waals surface area contributed by atoms with Crippen LogP contribution in [0.25, 0.3) is 0 Å². The van der Waals surface area contributed by atoms with E-state index in [4.69, 9.17) is 19.0 Å². The molecule has 0 unspecified atom stereocenters. The van der Waals surface area contributed by atoms with Crippen molar-refractivity contribution in [3.8, 4) is 11.8 Å². The Labute approximate surface area is 161 Å². The van der Waals surface area contributed by atoms with Gasteiger partial charge in [0.2, 0.25) is 24.1 Å². The van der Waals surface area contributed by atoms with Gasteiger partial charge in [0.15, 0.2) is 0 Å². The molecule has 0 saturated heterocycles. The van der Waals surface area contributed by atoms with Crippen LogP contribution in [0.2, 0.25) is 0 Å². The molecule has 1 aromatic carbocycles. The first-order valence-corrected chi connectivity index (χ1v) is 8.01. The van der Waals surface area contributed by atoms with Crippen LogP contribution < -0.4 is 14.4 Å². The van der Waals surface area contributed by atoms with E-state index in [-0.39, 0.29) is 29.0 Å². The van der Waals surface area contributed by atoms with Gasteiger partial charge in [-0.05, 0) is 13.0 Å². The third-order valence-corrected chi connectivity index (χ3v) is 3.72. The molecule has 0 saturated carbocycles. The van der Waals surface area contributed by atoms with Crippen molar-refractivity contribution in [1.82, 2.24) is 9.97 Å². The number of methoxy groups -OCH3 is 3. The van der Waals surface area contributed by atoms with Crippen molar-refractivity contribution >= 4 is 29.7 Å². The van der Waals surface area contributed by atoms with Crippen LogP contribution in [0.4, 0.5) is 11.6 Å². The van der Waals surface area contributed by atoms with E-state index in [2.05, 4.69) is 15.1 Å². The minimum Gasteiger partial charge on any atom is -0.481 e. The number of hydrogen-bond acceptors (Lipinski definition) is 9. The molecule has 0 radical (unpaired) electrons. The van der Waals surface area contributed by atoms with E-state index in [1.807, 2.05) is 0 Å². The van der Waals surface area contributed by atoms with Gasteiger partial charge in [0.05, 0.1) is 44.4 Å². The molecule has 0 aliphatic carbocycles. The summed E-state index contributed by atoms with van der Waals surface area (Å²) in [5.74, 6) is -0.351. The lowest BCUT2D eigenvalue weighted by Gasteiger charge is -2.20. The summed E-state index contributed by atoms with van der Waals surface area (Å²) in [5.41, 5.74) is 1.13. The number of rotatable bonds is 8. The van der Waals surface area contributed by atoms with E-state index in [9.17, 15) is 9.59 Å². The molecule has 2 aromatic rings. The minimum absolute atomic E-state index is 0.0464. The molecule has 148 valence electrons. The summed E-state index contributed by atoms with van der Waals surface area (Å²) in [7, 11) is 5.46. The number of hydrogen-bond donors (Lipinski definition) is 0. The zero-order valence-electron chi connectivity index (χ0n) is 16.1. The average molecular weight is 388 g/mol. The number of anilines is 2. The summed E-state index contributed by atoms with van der Waals surface area (Å²) in [4.78, 5) is 38.6. The second-order valence-corrected chi connectivity index (χ2v) is 5.28. The number of aromatic nitrogens is 2. The highest BCUT2D eigenvalue weighted by molar-refractivity contribution is 6.12. The van der Waals surface area contributed by atoms with Crippen LogP contribution in [-0.2, 0) is 14.4 Å². The third kappa shape index (κ3) is 4.17. The Hall–Kier alpha value is -3.69. The minimum atomic E-state index is -0.669. The maximum atomic E-state index is 12.5. The van der Waals surface area contributed by atoms with E-state index >= 15 is 0 Å². The topological polar surface area (TPSA) is 112 Å². The monoisotopic (exact) mass is 388 g/mol. The standard InChI is InChI=1S/C18H20N4O6/c1-11(21-28-5)12-7-6-8-13(16(12)17(24)27-4)22(10-23)18-19-14(25-2)9-15(20-18)26-3/h6-10H,1-5H3. The van der Waals surface area contributed by atoms with Gasteiger partial charge in [-0.15, -0.1) is 0 Å². The Morgan fingerprint density at radius 3 is 2.25 bits per heavy atom. The highest BCUT2D eigenvalue weighted by Gasteiger charge is 2.25. The fourth-order valence-corrected chi connectivity index (χ4v) is 2.47. The molecule has 0 bridgehead atoms. The summed E-state index contributed by atoms with van der Waals surface area (Å²) in [6.45, 7) is 1.66. The highest BCUT2D eigenvalue weighted by atomic mass is 16.6. The van der Waals surface area contributed by atoms with Crippen LogP contribution in [-0.4, -0.2) is 56.5 Å². The van der Waals surface area contributed by atoms with Gasteiger partial charge in [-0.3, -0.25) is 9.69 Å². The molecule has 10 nitrogen and oxygen atoms in total. The van der Waals surface area contributed by atoms with Crippen molar-refractivity contribution in [3.63, 3.8) is 0 Å². The number of benzene rings is 1. The largest absolute Gasteiger partial charge is 0.481 e. The van der Waals surface area contributed by atoms with Gasteiger partial charge in [-0.1, -0.05) is 17.3 Å². The van der Waals surface area contributed by atoms with Crippen molar-refractivity contribution in [1.29, 1.82) is 0 Å². The van der Waals surface area contributed by atoms with E-state index in [0.29, 0.717) is 17.7 Å². The zero-order chi connectivity index (χ0) is 20.7. The predicted octanol–water partition coefficient (Wildman–Crippen LogP) is 1.95. The van der Waals surface area contributed by atoms with Crippen LogP contribution in [0, 0.1) is 0 Å². The maximum absolute atomic E-state index is 12.5. The van der Waals surface area contributed by atoms with Crippen molar-refractivity contribution in [2.75, 3.05) is 33.3 Å². The first-order valence-electron chi connectivity index (χ1n) is 8.01. The molecule has 0 N–H and O–H groups in total. The molecule has 28 heavy (non-hydrogen) atoms. The number of esters is 1. The van der Waals surface area contributed by atoms with Gasteiger partial charge in [-0.25, -0.2) is 4.79 Å². The molecule has 2 rings (SSSR count). The fourth-order valence-electron chi connectivity index (χ4n) is 2.47. The molecule has 1 aromatic heterocycles. The molecule has 10 heteroatoms. The number of nitrogens with zero attached hydrogens (tertiary/aromatic N) is 4. The molecule has 0 aliphatic rings. The third-order valence-electron chi connectivity index (χ3n) is 3.72. The quantitative estimate of drug-likeness (QED) is 0.292. The second kappa shape index (κ2) is 9.31. The highest BCUT2D eigenvalue weighted by Crippen LogP contribution is 2.31. The Balaban J connectivity index is 2.74. The smallest absolute Gasteiger partial charge is 0.340 e. The summed E-state index contributed by atoms with van der Waals surface area (Å²) in [6, 6.07) is 6.32. The second-order valence-electron chi connectivity index (χ2n) is 5.28. The summed E-state index contributed by atoms with van der Waals surface area (Å²) >= 11 is 0. The Morgan fingerprint density at radius 1 is 1.11 bits per heavy atom. The molecule has 0 spiro atoms. The Bertz CT molecular complexity index is 877. The SMILES string of the molecule is CON=C(C)c1cccc(N(C=O)c2nc(OC)cc(OC)n2)c1C(=O)OC. The normalized spacial score (nSPS) is 10.8. The lowest BCUT2D eigenvalue weighted by molar-refractivity contribution is -0.106. The van der Waals surface area contributed by atoms with Crippen molar-refractivity contribution in [2.24, 2.45) is 5.16 Å². The number of oxime groups is 1.